The Morgan fingerprint density at radius 1 is 1.45 bits per heavy atom. The van der Waals surface area contributed by atoms with E-state index >= 15 is 0 Å². The Labute approximate surface area is 152 Å². The fourth-order valence-corrected chi connectivity index (χ4v) is 3.66. The van der Waals surface area contributed by atoms with Gasteiger partial charge in [0.25, 0.3) is 0 Å². The van der Waals surface area contributed by atoms with Gasteiger partial charge in [0, 0.05) is 39.8 Å². The van der Waals surface area contributed by atoms with Crippen LogP contribution in [0.5, 0.6) is 0 Å². The summed E-state index contributed by atoms with van der Waals surface area (Å²) in [5.41, 5.74) is 0. The lowest BCUT2D eigenvalue weighted by atomic mass is 10.0. The number of nitrogens with zero attached hydrogens (tertiary/aromatic N) is 3. The average Bonchev–Trinajstić information content (AvgIpc) is 2.41. The highest BCUT2D eigenvalue weighted by atomic mass is 127. The van der Waals surface area contributed by atoms with Crippen molar-refractivity contribution in [2.45, 2.75) is 33.1 Å². The van der Waals surface area contributed by atoms with Gasteiger partial charge in [-0.15, -0.1) is 24.0 Å². The fourth-order valence-electron chi connectivity index (χ4n) is 2.73. The summed E-state index contributed by atoms with van der Waals surface area (Å²) in [5, 5.41) is 3.35. The Hall–Kier alpha value is -0.0900. The van der Waals surface area contributed by atoms with Gasteiger partial charge in [-0.1, -0.05) is 13.8 Å². The molecule has 6 nitrogen and oxygen atoms in total. The highest BCUT2D eigenvalue weighted by molar-refractivity contribution is 14.0. The maximum Gasteiger partial charge on any atom is 0.211 e. The van der Waals surface area contributed by atoms with E-state index in [0.29, 0.717) is 19.0 Å². The molecule has 0 amide bonds. The second-order valence-electron chi connectivity index (χ2n) is 5.78. The maximum absolute atomic E-state index is 11.5. The molecule has 0 aromatic rings. The highest BCUT2D eigenvalue weighted by Crippen LogP contribution is 2.15. The Morgan fingerprint density at radius 2 is 2.14 bits per heavy atom. The van der Waals surface area contributed by atoms with Gasteiger partial charge in [0.1, 0.15) is 0 Å². The zero-order valence-corrected chi connectivity index (χ0v) is 17.4. The van der Waals surface area contributed by atoms with Crippen molar-refractivity contribution in [2.24, 2.45) is 10.9 Å². The second kappa shape index (κ2) is 10.6. The number of hydrogen-bond acceptors (Lipinski definition) is 3. The Morgan fingerprint density at radius 3 is 2.64 bits per heavy atom. The van der Waals surface area contributed by atoms with Gasteiger partial charge in [0.2, 0.25) is 10.0 Å². The van der Waals surface area contributed by atoms with Crippen LogP contribution in [0.4, 0.5) is 0 Å². The maximum atomic E-state index is 11.5. The third-order valence-electron chi connectivity index (χ3n) is 3.86. The van der Waals surface area contributed by atoms with Gasteiger partial charge in [0.05, 0.1) is 6.26 Å². The number of nitrogens with one attached hydrogen (secondary N) is 1. The second-order valence-corrected chi connectivity index (χ2v) is 7.76. The van der Waals surface area contributed by atoms with Gasteiger partial charge in [-0.2, -0.15) is 0 Å². The molecule has 132 valence electrons. The molecule has 22 heavy (non-hydrogen) atoms. The van der Waals surface area contributed by atoms with E-state index in [2.05, 4.69) is 22.1 Å². The Balaban J connectivity index is 0.00000441. The largest absolute Gasteiger partial charge is 0.356 e. The number of piperidine rings is 1. The number of sulfonamides is 1. The van der Waals surface area contributed by atoms with Crippen LogP contribution in [0.15, 0.2) is 4.99 Å². The van der Waals surface area contributed by atoms with Crippen LogP contribution in [0.2, 0.25) is 0 Å². The normalized spacial score (nSPS) is 20.0. The summed E-state index contributed by atoms with van der Waals surface area (Å²) >= 11 is 0. The van der Waals surface area contributed by atoms with E-state index in [0.717, 1.165) is 32.0 Å². The van der Waals surface area contributed by atoms with E-state index in [1.807, 2.05) is 6.92 Å². The van der Waals surface area contributed by atoms with Crippen molar-refractivity contribution < 1.29 is 8.42 Å². The van der Waals surface area contributed by atoms with Gasteiger partial charge in [-0.3, -0.25) is 4.99 Å². The molecule has 0 aliphatic carbocycles. The van der Waals surface area contributed by atoms with Crippen molar-refractivity contribution in [3.05, 3.63) is 0 Å². The van der Waals surface area contributed by atoms with Crippen LogP contribution >= 0.6 is 24.0 Å². The summed E-state index contributed by atoms with van der Waals surface area (Å²) < 4.78 is 24.5. The quantitative estimate of drug-likeness (QED) is 0.291. The molecule has 1 aliphatic heterocycles. The third kappa shape index (κ3) is 7.45. The zero-order chi connectivity index (χ0) is 15.9. The van der Waals surface area contributed by atoms with Crippen LogP contribution in [0.25, 0.3) is 0 Å². The van der Waals surface area contributed by atoms with Crippen molar-refractivity contribution in [2.75, 3.05) is 46.0 Å². The summed E-state index contributed by atoms with van der Waals surface area (Å²) in [5.74, 6) is 1.64. The zero-order valence-electron chi connectivity index (χ0n) is 14.2. The smallest absolute Gasteiger partial charge is 0.211 e. The van der Waals surface area contributed by atoms with Crippen LogP contribution in [0, 0.1) is 5.92 Å². The van der Waals surface area contributed by atoms with E-state index in [4.69, 9.17) is 0 Å². The fraction of sp³-hybridized carbons (Fsp3) is 0.929. The van der Waals surface area contributed by atoms with Crippen LogP contribution in [-0.4, -0.2) is 69.6 Å². The van der Waals surface area contributed by atoms with Crippen molar-refractivity contribution in [1.29, 1.82) is 0 Å². The summed E-state index contributed by atoms with van der Waals surface area (Å²) in [6.07, 6.45) is 4.54. The molecule has 1 fully saturated rings. The molecule has 1 saturated heterocycles. The van der Waals surface area contributed by atoms with Crippen LogP contribution in [0.1, 0.15) is 33.1 Å². The van der Waals surface area contributed by atoms with Gasteiger partial charge in [-0.05, 0) is 25.2 Å². The first-order valence-electron chi connectivity index (χ1n) is 7.79. The molecule has 1 rings (SSSR count). The Bertz CT molecular complexity index is 442. The number of guanidine groups is 1. The van der Waals surface area contributed by atoms with E-state index in [1.54, 1.807) is 7.05 Å². The first kappa shape index (κ1) is 21.9. The predicted molar refractivity (Wildman–Crippen MR) is 103 cm³/mol. The molecule has 0 spiro atoms. The van der Waals surface area contributed by atoms with E-state index in [9.17, 15) is 8.42 Å². The first-order valence-corrected chi connectivity index (χ1v) is 9.64. The number of rotatable bonds is 6. The van der Waals surface area contributed by atoms with Gasteiger partial charge in [-0.25, -0.2) is 12.7 Å². The lowest BCUT2D eigenvalue weighted by Crippen LogP contribution is -2.46. The van der Waals surface area contributed by atoms with Gasteiger partial charge in [0.15, 0.2) is 5.96 Å². The molecule has 1 aliphatic rings. The van der Waals surface area contributed by atoms with Gasteiger partial charge < -0.3 is 10.2 Å². The van der Waals surface area contributed by atoms with Crippen molar-refractivity contribution in [3.63, 3.8) is 0 Å². The lowest BCUT2D eigenvalue weighted by Gasteiger charge is -2.33. The molecule has 1 atom stereocenters. The topological polar surface area (TPSA) is 65.0 Å². The molecule has 0 radical (unpaired) electrons. The van der Waals surface area contributed by atoms with Crippen LogP contribution in [-0.2, 0) is 10.0 Å². The molecule has 1 heterocycles. The lowest BCUT2D eigenvalue weighted by molar-refractivity contribution is 0.266. The average molecular weight is 446 g/mol. The molecule has 0 saturated carbocycles. The van der Waals surface area contributed by atoms with Crippen LogP contribution < -0.4 is 5.32 Å². The minimum absolute atomic E-state index is 0. The van der Waals surface area contributed by atoms with Crippen molar-refractivity contribution in [3.8, 4) is 0 Å². The summed E-state index contributed by atoms with van der Waals surface area (Å²) in [4.78, 5) is 6.63. The molecule has 1 unspecified atom stereocenters. The highest BCUT2D eigenvalue weighted by Gasteiger charge is 2.19. The Kier molecular flexibility index (Phi) is 10.6. The van der Waals surface area contributed by atoms with Gasteiger partial charge >= 0.3 is 0 Å². The minimum atomic E-state index is -3.08. The first-order chi connectivity index (χ1) is 9.88. The summed E-state index contributed by atoms with van der Waals surface area (Å²) in [7, 11) is -1.28. The van der Waals surface area contributed by atoms with Crippen molar-refractivity contribution >= 4 is 40.0 Å². The van der Waals surface area contributed by atoms with E-state index in [-0.39, 0.29) is 24.0 Å². The minimum Gasteiger partial charge on any atom is -0.356 e. The molecular weight excluding hydrogens is 415 g/mol. The standard InChI is InChI=1S/C14H30N4O2S.HI/c1-5-18(21(4,19)20)11-7-9-16-14(15-3)17-10-6-8-13(2)12-17;/h13H,5-12H2,1-4H3,(H,15,16);1H. The molecular formula is C14H31IN4O2S. The number of halogens is 1. The number of aliphatic imine (C=N–C) groups is 1. The predicted octanol–water partition coefficient (Wildman–Crippen LogP) is 1.58. The van der Waals surface area contributed by atoms with E-state index in [1.165, 1.54) is 23.4 Å². The SMILES string of the molecule is CCN(CCCNC(=NC)N1CCCC(C)C1)S(C)(=O)=O.I. The molecule has 1 N–H and O–H groups in total. The molecule has 0 aromatic heterocycles. The van der Waals surface area contributed by atoms with E-state index < -0.39 is 10.0 Å². The monoisotopic (exact) mass is 446 g/mol. The molecule has 0 aromatic carbocycles. The summed E-state index contributed by atoms with van der Waals surface area (Å²) in [6, 6.07) is 0. The number of likely N-dealkylation sites (tertiary alicyclic amines) is 1. The number of hydrogen-bond donors (Lipinski definition) is 1. The summed E-state index contributed by atoms with van der Waals surface area (Å²) in [6.45, 7) is 8.04. The molecule has 0 bridgehead atoms. The van der Waals surface area contributed by atoms with Crippen molar-refractivity contribution in [1.82, 2.24) is 14.5 Å². The third-order valence-corrected chi connectivity index (χ3v) is 5.24. The van der Waals surface area contributed by atoms with Crippen LogP contribution in [0.3, 0.4) is 0 Å². The molecule has 8 heteroatoms.